The topological polar surface area (TPSA) is 81.9 Å². The fourth-order valence-electron chi connectivity index (χ4n) is 2.35. The number of nitrogens with one attached hydrogen (secondary N) is 1. The first-order valence-electron chi connectivity index (χ1n) is 7.27. The van der Waals surface area contributed by atoms with Gasteiger partial charge in [-0.3, -0.25) is 4.79 Å². The first-order chi connectivity index (χ1) is 11.6. The van der Waals surface area contributed by atoms with Gasteiger partial charge < -0.3 is 14.6 Å². The maximum atomic E-state index is 11.7. The molecule has 1 amide bonds. The number of hydrogen-bond acceptors (Lipinski definition) is 6. The number of amides is 1. The highest BCUT2D eigenvalue weighted by Gasteiger charge is 2.14. The van der Waals surface area contributed by atoms with Gasteiger partial charge in [0, 0.05) is 30.6 Å². The SMILES string of the molecule is COCCNC(=O)CSc1nnc2c3cc(Br)ccc3n(C)c2n1. The quantitative estimate of drug-likeness (QED) is 0.495. The largest absolute Gasteiger partial charge is 0.383 e. The van der Waals surface area contributed by atoms with Crippen molar-refractivity contribution >= 4 is 55.7 Å². The smallest absolute Gasteiger partial charge is 0.230 e. The summed E-state index contributed by atoms with van der Waals surface area (Å²) in [5.74, 6) is 0.161. The van der Waals surface area contributed by atoms with Crippen molar-refractivity contribution < 1.29 is 9.53 Å². The Labute approximate surface area is 151 Å². The van der Waals surface area contributed by atoms with E-state index in [2.05, 4.69) is 36.4 Å². The fraction of sp³-hybridized carbons (Fsp3) is 0.333. The number of fused-ring (bicyclic) bond motifs is 3. The van der Waals surface area contributed by atoms with E-state index in [-0.39, 0.29) is 11.7 Å². The Balaban J connectivity index is 1.80. The maximum Gasteiger partial charge on any atom is 0.230 e. The van der Waals surface area contributed by atoms with E-state index in [1.807, 2.05) is 29.8 Å². The first-order valence-corrected chi connectivity index (χ1v) is 9.05. The Morgan fingerprint density at radius 1 is 1.42 bits per heavy atom. The van der Waals surface area contributed by atoms with Crippen LogP contribution in [0.3, 0.4) is 0 Å². The number of rotatable bonds is 6. The first kappa shape index (κ1) is 17.1. The standard InChI is InChI=1S/C15H16BrN5O2S/c1-21-11-4-3-9(16)7-10(11)13-14(21)18-15(20-19-13)24-8-12(22)17-5-6-23-2/h3-4,7H,5-6,8H2,1-2H3,(H,17,22). The van der Waals surface area contributed by atoms with Crippen LogP contribution in [-0.4, -0.2) is 51.7 Å². The number of nitrogens with zero attached hydrogens (tertiary/aromatic N) is 4. The molecule has 24 heavy (non-hydrogen) atoms. The number of thioether (sulfide) groups is 1. The lowest BCUT2D eigenvalue weighted by atomic mass is 10.2. The summed E-state index contributed by atoms with van der Waals surface area (Å²) in [4.78, 5) is 16.3. The van der Waals surface area contributed by atoms with Gasteiger partial charge in [0.15, 0.2) is 5.65 Å². The van der Waals surface area contributed by atoms with Crippen molar-refractivity contribution in [3.05, 3.63) is 22.7 Å². The molecule has 3 aromatic rings. The second-order valence-electron chi connectivity index (χ2n) is 5.12. The Kier molecular flexibility index (Phi) is 5.32. The number of carbonyl (C=O) groups excluding carboxylic acids is 1. The molecule has 0 saturated carbocycles. The number of hydrogen-bond donors (Lipinski definition) is 1. The second kappa shape index (κ2) is 7.45. The van der Waals surface area contributed by atoms with Crippen LogP contribution in [-0.2, 0) is 16.6 Å². The van der Waals surface area contributed by atoms with E-state index in [1.54, 1.807) is 7.11 Å². The molecule has 0 unspecified atom stereocenters. The van der Waals surface area contributed by atoms with Crippen LogP contribution in [0.4, 0.5) is 0 Å². The predicted molar refractivity (Wildman–Crippen MR) is 97.1 cm³/mol. The molecule has 126 valence electrons. The van der Waals surface area contributed by atoms with E-state index < -0.39 is 0 Å². The average Bonchev–Trinajstić information content (AvgIpc) is 2.85. The van der Waals surface area contributed by atoms with E-state index in [9.17, 15) is 4.79 Å². The van der Waals surface area contributed by atoms with Gasteiger partial charge in [-0.1, -0.05) is 27.7 Å². The molecule has 7 nitrogen and oxygen atoms in total. The van der Waals surface area contributed by atoms with Crippen LogP contribution >= 0.6 is 27.7 Å². The third-order valence-electron chi connectivity index (χ3n) is 3.50. The van der Waals surface area contributed by atoms with E-state index in [0.717, 1.165) is 26.5 Å². The van der Waals surface area contributed by atoms with Crippen LogP contribution < -0.4 is 5.32 Å². The monoisotopic (exact) mass is 409 g/mol. The summed E-state index contributed by atoms with van der Waals surface area (Å²) in [5.41, 5.74) is 2.54. The minimum atomic E-state index is -0.0817. The minimum absolute atomic E-state index is 0.0817. The molecule has 0 aliphatic rings. The molecule has 0 saturated heterocycles. The van der Waals surface area contributed by atoms with E-state index in [1.165, 1.54) is 11.8 Å². The Morgan fingerprint density at radius 3 is 3.04 bits per heavy atom. The molecule has 9 heteroatoms. The molecule has 1 aromatic carbocycles. The number of benzene rings is 1. The van der Waals surface area contributed by atoms with Gasteiger partial charge in [-0.05, 0) is 18.2 Å². The van der Waals surface area contributed by atoms with Crippen molar-refractivity contribution in [2.24, 2.45) is 7.05 Å². The summed E-state index contributed by atoms with van der Waals surface area (Å²) in [6.45, 7) is 0.984. The van der Waals surface area contributed by atoms with Crippen molar-refractivity contribution in [2.75, 3.05) is 26.0 Å². The van der Waals surface area contributed by atoms with Gasteiger partial charge in [0.25, 0.3) is 0 Å². The van der Waals surface area contributed by atoms with E-state index >= 15 is 0 Å². The fourth-order valence-corrected chi connectivity index (χ4v) is 3.32. The zero-order chi connectivity index (χ0) is 17.1. The molecule has 0 fully saturated rings. The van der Waals surface area contributed by atoms with Crippen LogP contribution in [0.5, 0.6) is 0 Å². The van der Waals surface area contributed by atoms with Crippen LogP contribution in [0.25, 0.3) is 22.1 Å². The molecule has 2 heterocycles. The number of ether oxygens (including phenoxy) is 1. The summed E-state index contributed by atoms with van der Waals surface area (Å²) in [7, 11) is 3.54. The summed E-state index contributed by atoms with van der Waals surface area (Å²) < 4.78 is 7.85. The van der Waals surface area contributed by atoms with E-state index in [4.69, 9.17) is 4.74 Å². The van der Waals surface area contributed by atoms with Crippen LogP contribution in [0.1, 0.15) is 0 Å². The summed E-state index contributed by atoms with van der Waals surface area (Å²) in [6, 6.07) is 6.00. The third kappa shape index (κ3) is 3.52. The average molecular weight is 410 g/mol. The Bertz CT molecular complexity index is 898. The van der Waals surface area contributed by atoms with Gasteiger partial charge in [0.2, 0.25) is 11.1 Å². The minimum Gasteiger partial charge on any atom is -0.383 e. The zero-order valence-electron chi connectivity index (χ0n) is 13.2. The van der Waals surface area contributed by atoms with Crippen LogP contribution in [0.15, 0.2) is 27.8 Å². The van der Waals surface area contributed by atoms with Crippen molar-refractivity contribution in [3.8, 4) is 0 Å². The third-order valence-corrected chi connectivity index (χ3v) is 4.83. The second-order valence-corrected chi connectivity index (χ2v) is 6.98. The Hall–Kier alpha value is -1.71. The lowest BCUT2D eigenvalue weighted by Gasteiger charge is -2.03. The molecule has 1 N–H and O–H groups in total. The number of carbonyl (C=O) groups is 1. The Morgan fingerprint density at radius 2 is 2.25 bits per heavy atom. The summed E-state index contributed by atoms with van der Waals surface area (Å²) >= 11 is 4.74. The van der Waals surface area contributed by atoms with Crippen molar-refractivity contribution in [1.82, 2.24) is 25.1 Å². The molecular weight excluding hydrogens is 394 g/mol. The molecule has 0 bridgehead atoms. The highest BCUT2D eigenvalue weighted by Crippen LogP contribution is 2.28. The predicted octanol–water partition coefficient (Wildman–Crippen LogP) is 2.13. The normalized spacial score (nSPS) is 11.3. The van der Waals surface area contributed by atoms with Gasteiger partial charge in [0.05, 0.1) is 17.9 Å². The number of aromatic nitrogens is 4. The molecule has 0 aliphatic heterocycles. The molecule has 0 aliphatic carbocycles. The highest BCUT2D eigenvalue weighted by molar-refractivity contribution is 9.10. The van der Waals surface area contributed by atoms with Gasteiger partial charge in [-0.25, -0.2) is 4.98 Å². The van der Waals surface area contributed by atoms with Crippen molar-refractivity contribution in [1.29, 1.82) is 0 Å². The van der Waals surface area contributed by atoms with Gasteiger partial charge in [-0.2, -0.15) is 0 Å². The molecule has 0 radical (unpaired) electrons. The van der Waals surface area contributed by atoms with E-state index in [0.29, 0.717) is 18.3 Å². The zero-order valence-corrected chi connectivity index (χ0v) is 15.6. The van der Waals surface area contributed by atoms with Gasteiger partial charge in [0.1, 0.15) is 5.52 Å². The molecule has 2 aromatic heterocycles. The lowest BCUT2D eigenvalue weighted by molar-refractivity contribution is -0.118. The molecule has 3 rings (SSSR count). The van der Waals surface area contributed by atoms with Crippen molar-refractivity contribution in [3.63, 3.8) is 0 Å². The van der Waals surface area contributed by atoms with Gasteiger partial charge in [-0.15, -0.1) is 10.2 Å². The maximum absolute atomic E-state index is 11.7. The summed E-state index contributed by atoms with van der Waals surface area (Å²) in [6.07, 6.45) is 0. The van der Waals surface area contributed by atoms with Crippen LogP contribution in [0.2, 0.25) is 0 Å². The number of halogens is 1. The highest BCUT2D eigenvalue weighted by atomic mass is 79.9. The molecular formula is C15H16BrN5O2S. The molecule has 0 spiro atoms. The number of methoxy groups -OCH3 is 1. The number of aryl methyl sites for hydroxylation is 1. The summed E-state index contributed by atoms with van der Waals surface area (Å²) in [5, 5.41) is 12.7. The lowest BCUT2D eigenvalue weighted by Crippen LogP contribution is -2.28. The van der Waals surface area contributed by atoms with Gasteiger partial charge >= 0.3 is 0 Å². The molecule has 0 atom stereocenters. The van der Waals surface area contributed by atoms with Crippen molar-refractivity contribution in [2.45, 2.75) is 5.16 Å². The van der Waals surface area contributed by atoms with Crippen LogP contribution in [0, 0.1) is 0 Å².